The molecule has 0 spiro atoms. The second-order valence-electron chi connectivity index (χ2n) is 6.91. The van der Waals surface area contributed by atoms with Crippen molar-refractivity contribution >= 4 is 6.09 Å². The first-order valence-electron chi connectivity index (χ1n) is 7.25. The highest BCUT2D eigenvalue weighted by molar-refractivity contribution is 5.67. The fraction of sp³-hybridized carbons (Fsp3) is 0.933. The second-order valence-corrected chi connectivity index (χ2v) is 6.91. The number of carbonyl (C=O) groups excluding carboxylic acids is 1. The van der Waals surface area contributed by atoms with E-state index in [1.54, 1.807) is 0 Å². The fourth-order valence-corrected chi connectivity index (χ4v) is 2.60. The SMILES string of the molecule is CC(C)C1CCC(CNC(=O)OC(C)(C)C)CC1. The molecule has 0 saturated heterocycles. The Balaban J connectivity index is 2.20. The van der Waals surface area contributed by atoms with Gasteiger partial charge < -0.3 is 10.1 Å². The molecule has 3 nitrogen and oxygen atoms in total. The minimum atomic E-state index is -0.403. The Labute approximate surface area is 112 Å². The minimum Gasteiger partial charge on any atom is -0.444 e. The van der Waals surface area contributed by atoms with Crippen LogP contribution in [-0.2, 0) is 4.74 Å². The first-order chi connectivity index (χ1) is 8.28. The molecule has 1 N–H and O–H groups in total. The maximum atomic E-state index is 11.5. The van der Waals surface area contributed by atoms with E-state index in [2.05, 4.69) is 19.2 Å². The number of amides is 1. The second kappa shape index (κ2) is 6.44. The smallest absolute Gasteiger partial charge is 0.407 e. The van der Waals surface area contributed by atoms with Gasteiger partial charge in [0.05, 0.1) is 0 Å². The summed E-state index contributed by atoms with van der Waals surface area (Å²) in [5.41, 5.74) is -0.403. The molecule has 0 aliphatic heterocycles. The number of hydrogen-bond donors (Lipinski definition) is 1. The summed E-state index contributed by atoms with van der Waals surface area (Å²) in [6.07, 6.45) is 4.79. The lowest BCUT2D eigenvalue weighted by Crippen LogP contribution is -2.36. The molecule has 18 heavy (non-hydrogen) atoms. The maximum absolute atomic E-state index is 11.5. The molecular weight excluding hydrogens is 226 g/mol. The first kappa shape index (κ1) is 15.3. The Hall–Kier alpha value is -0.730. The van der Waals surface area contributed by atoms with E-state index in [0.717, 1.165) is 18.4 Å². The zero-order chi connectivity index (χ0) is 13.8. The van der Waals surface area contributed by atoms with E-state index in [-0.39, 0.29) is 6.09 Å². The molecule has 0 heterocycles. The van der Waals surface area contributed by atoms with Gasteiger partial charge in [-0.25, -0.2) is 4.79 Å². The van der Waals surface area contributed by atoms with E-state index < -0.39 is 5.60 Å². The largest absolute Gasteiger partial charge is 0.444 e. The van der Waals surface area contributed by atoms with Crippen LogP contribution in [0, 0.1) is 17.8 Å². The molecule has 1 aliphatic carbocycles. The summed E-state index contributed by atoms with van der Waals surface area (Å²) in [5, 5.41) is 2.89. The van der Waals surface area contributed by atoms with Crippen molar-refractivity contribution in [2.75, 3.05) is 6.54 Å². The standard InChI is InChI=1S/C15H29NO2/c1-11(2)13-8-6-12(7-9-13)10-16-14(17)18-15(3,4)5/h11-13H,6-10H2,1-5H3,(H,16,17). The van der Waals surface area contributed by atoms with Crippen LogP contribution < -0.4 is 5.32 Å². The van der Waals surface area contributed by atoms with Crippen molar-refractivity contribution in [2.45, 2.75) is 65.9 Å². The van der Waals surface area contributed by atoms with E-state index in [4.69, 9.17) is 4.74 Å². The molecule has 106 valence electrons. The van der Waals surface area contributed by atoms with Gasteiger partial charge in [0.25, 0.3) is 0 Å². The van der Waals surface area contributed by atoms with Crippen LogP contribution in [0.25, 0.3) is 0 Å². The van der Waals surface area contributed by atoms with Crippen molar-refractivity contribution in [1.29, 1.82) is 0 Å². The van der Waals surface area contributed by atoms with Crippen LogP contribution in [0.2, 0.25) is 0 Å². The Bertz CT molecular complexity index is 260. The van der Waals surface area contributed by atoms with Crippen molar-refractivity contribution in [2.24, 2.45) is 17.8 Å². The lowest BCUT2D eigenvalue weighted by Gasteiger charge is -2.31. The highest BCUT2D eigenvalue weighted by atomic mass is 16.6. The minimum absolute atomic E-state index is 0.284. The number of hydrogen-bond acceptors (Lipinski definition) is 2. The van der Waals surface area contributed by atoms with Crippen LogP contribution in [0.3, 0.4) is 0 Å². The number of ether oxygens (including phenoxy) is 1. The van der Waals surface area contributed by atoms with Gasteiger partial charge in [-0.05, 0) is 64.2 Å². The van der Waals surface area contributed by atoms with E-state index in [1.807, 2.05) is 20.8 Å². The number of nitrogens with one attached hydrogen (secondary N) is 1. The number of carbonyl (C=O) groups is 1. The van der Waals surface area contributed by atoms with Crippen molar-refractivity contribution in [3.63, 3.8) is 0 Å². The predicted molar refractivity (Wildman–Crippen MR) is 74.5 cm³/mol. The van der Waals surface area contributed by atoms with Crippen LogP contribution >= 0.6 is 0 Å². The molecule has 0 aromatic rings. The molecule has 1 aliphatic rings. The van der Waals surface area contributed by atoms with Gasteiger partial charge in [0.1, 0.15) is 5.60 Å². The average Bonchev–Trinajstić information content (AvgIpc) is 2.24. The molecule has 3 heteroatoms. The third-order valence-corrected chi connectivity index (χ3v) is 3.77. The van der Waals surface area contributed by atoms with Crippen LogP contribution in [0.5, 0.6) is 0 Å². The van der Waals surface area contributed by atoms with Gasteiger partial charge in [-0.1, -0.05) is 13.8 Å². The quantitative estimate of drug-likeness (QED) is 0.828. The van der Waals surface area contributed by atoms with E-state index in [9.17, 15) is 4.79 Å². The zero-order valence-corrected chi connectivity index (χ0v) is 12.6. The molecule has 0 atom stereocenters. The molecule has 1 amide bonds. The fourth-order valence-electron chi connectivity index (χ4n) is 2.60. The van der Waals surface area contributed by atoms with Gasteiger partial charge in [0.2, 0.25) is 0 Å². The Kier molecular flexibility index (Phi) is 5.48. The van der Waals surface area contributed by atoms with Gasteiger partial charge >= 0.3 is 6.09 Å². The van der Waals surface area contributed by atoms with Crippen LogP contribution in [-0.4, -0.2) is 18.2 Å². The van der Waals surface area contributed by atoms with Gasteiger partial charge in [-0.15, -0.1) is 0 Å². The van der Waals surface area contributed by atoms with Crippen LogP contribution in [0.1, 0.15) is 60.3 Å². The summed E-state index contributed by atoms with van der Waals surface area (Å²) < 4.78 is 5.24. The molecule has 1 saturated carbocycles. The predicted octanol–water partition coefficient (Wildman–Crippen LogP) is 3.97. The Morgan fingerprint density at radius 3 is 2.22 bits per heavy atom. The molecule has 0 bridgehead atoms. The summed E-state index contributed by atoms with van der Waals surface area (Å²) >= 11 is 0. The molecule has 0 aromatic carbocycles. The van der Waals surface area contributed by atoms with Crippen LogP contribution in [0.15, 0.2) is 0 Å². The van der Waals surface area contributed by atoms with Gasteiger partial charge in [0.15, 0.2) is 0 Å². The van der Waals surface area contributed by atoms with Crippen molar-refractivity contribution in [3.8, 4) is 0 Å². The maximum Gasteiger partial charge on any atom is 0.407 e. The first-order valence-corrected chi connectivity index (χ1v) is 7.25. The lowest BCUT2D eigenvalue weighted by atomic mass is 9.77. The summed E-state index contributed by atoms with van der Waals surface area (Å²) in [5.74, 6) is 2.31. The van der Waals surface area contributed by atoms with Gasteiger partial charge in [0, 0.05) is 6.54 Å². The highest BCUT2D eigenvalue weighted by Crippen LogP contribution is 2.32. The molecular formula is C15H29NO2. The van der Waals surface area contributed by atoms with E-state index >= 15 is 0 Å². The molecule has 0 aromatic heterocycles. The summed E-state index contributed by atoms with van der Waals surface area (Å²) in [4.78, 5) is 11.5. The summed E-state index contributed by atoms with van der Waals surface area (Å²) in [6, 6.07) is 0. The van der Waals surface area contributed by atoms with Gasteiger partial charge in [-0.2, -0.15) is 0 Å². The monoisotopic (exact) mass is 255 g/mol. The van der Waals surface area contributed by atoms with E-state index in [1.165, 1.54) is 25.7 Å². The highest BCUT2D eigenvalue weighted by Gasteiger charge is 2.24. The molecule has 0 radical (unpaired) electrons. The van der Waals surface area contributed by atoms with Crippen molar-refractivity contribution in [3.05, 3.63) is 0 Å². The summed E-state index contributed by atoms with van der Waals surface area (Å²) in [6.45, 7) is 11.1. The van der Waals surface area contributed by atoms with Crippen molar-refractivity contribution in [1.82, 2.24) is 5.32 Å². The Morgan fingerprint density at radius 2 is 1.78 bits per heavy atom. The molecule has 1 rings (SSSR count). The van der Waals surface area contributed by atoms with Crippen molar-refractivity contribution < 1.29 is 9.53 Å². The molecule has 1 fully saturated rings. The van der Waals surface area contributed by atoms with Gasteiger partial charge in [-0.3, -0.25) is 0 Å². The Morgan fingerprint density at radius 1 is 1.22 bits per heavy atom. The molecule has 0 unspecified atom stereocenters. The zero-order valence-electron chi connectivity index (χ0n) is 12.6. The topological polar surface area (TPSA) is 38.3 Å². The summed E-state index contributed by atoms with van der Waals surface area (Å²) in [7, 11) is 0. The number of alkyl carbamates (subject to hydrolysis) is 1. The lowest BCUT2D eigenvalue weighted by molar-refractivity contribution is 0.0512. The van der Waals surface area contributed by atoms with E-state index in [0.29, 0.717) is 5.92 Å². The third-order valence-electron chi connectivity index (χ3n) is 3.77. The average molecular weight is 255 g/mol. The third kappa shape index (κ3) is 5.74. The normalized spacial score (nSPS) is 25.0. The number of rotatable bonds is 3. The van der Waals surface area contributed by atoms with Crippen LogP contribution in [0.4, 0.5) is 4.79 Å².